The van der Waals surface area contributed by atoms with Crippen LogP contribution in [-0.4, -0.2) is 15.1 Å². The zero-order valence-corrected chi connectivity index (χ0v) is 9.94. The van der Waals surface area contributed by atoms with Crippen LogP contribution >= 0.6 is 0 Å². The van der Waals surface area contributed by atoms with Crippen LogP contribution in [0.15, 0.2) is 36.5 Å². The molecule has 2 aromatic heterocycles. The Balaban J connectivity index is 2.32. The average molecular weight is 239 g/mol. The number of pyridine rings is 1. The second-order valence-corrected chi connectivity index (χ2v) is 4.30. The first kappa shape index (κ1) is 10.7. The average Bonchev–Trinajstić information content (AvgIpc) is 2.69. The Morgan fingerprint density at radius 1 is 1.22 bits per heavy atom. The van der Waals surface area contributed by atoms with Crippen LogP contribution in [-0.2, 0) is 0 Å². The Bertz CT molecular complexity index is 714. The Labute approximate surface area is 104 Å². The Hall–Kier alpha value is -2.49. The summed E-state index contributed by atoms with van der Waals surface area (Å²) in [6.07, 6.45) is 1.64. The van der Waals surface area contributed by atoms with Gasteiger partial charge in [0.05, 0.1) is 23.1 Å². The Kier molecular flexibility index (Phi) is 2.23. The minimum absolute atomic E-state index is 0.247. The molecule has 0 atom stereocenters. The fourth-order valence-corrected chi connectivity index (χ4v) is 2.22. The fraction of sp³-hybridized carbons (Fsp3) is 0.0714. The third-order valence-corrected chi connectivity index (χ3v) is 3.04. The molecule has 4 nitrogen and oxygen atoms in total. The standard InChI is InChI=1S/C14H13N3O/c1-8-13(11-6-5-9(15)7-16-11)10-3-2-4-12(18)14(10)17-8/h2-7,17-18H,15H2,1H3. The number of aromatic amines is 1. The first-order chi connectivity index (χ1) is 8.66. The number of aromatic nitrogens is 2. The molecule has 18 heavy (non-hydrogen) atoms. The molecule has 4 N–H and O–H groups in total. The molecular weight excluding hydrogens is 226 g/mol. The van der Waals surface area contributed by atoms with Crippen LogP contribution in [0.1, 0.15) is 5.69 Å². The number of aryl methyl sites for hydroxylation is 1. The van der Waals surface area contributed by atoms with E-state index in [9.17, 15) is 5.11 Å². The van der Waals surface area contributed by atoms with Crippen molar-refractivity contribution in [3.05, 3.63) is 42.2 Å². The molecule has 0 spiro atoms. The Morgan fingerprint density at radius 3 is 2.78 bits per heavy atom. The van der Waals surface area contributed by atoms with Crippen LogP contribution in [0, 0.1) is 6.92 Å². The molecule has 2 heterocycles. The van der Waals surface area contributed by atoms with Gasteiger partial charge in [-0.15, -0.1) is 0 Å². The van der Waals surface area contributed by atoms with E-state index in [1.807, 2.05) is 31.2 Å². The summed E-state index contributed by atoms with van der Waals surface area (Å²) in [6, 6.07) is 9.16. The SMILES string of the molecule is Cc1[nH]c2c(O)cccc2c1-c1ccc(N)cn1. The number of nitrogens with two attached hydrogens (primary N) is 1. The summed E-state index contributed by atoms with van der Waals surface area (Å²) in [7, 11) is 0. The number of nitrogens with zero attached hydrogens (tertiary/aromatic N) is 1. The molecule has 0 fully saturated rings. The monoisotopic (exact) mass is 239 g/mol. The number of nitrogen functional groups attached to an aromatic ring is 1. The van der Waals surface area contributed by atoms with E-state index in [-0.39, 0.29) is 5.75 Å². The molecule has 0 bridgehead atoms. The van der Waals surface area contributed by atoms with E-state index in [0.29, 0.717) is 5.69 Å². The maximum atomic E-state index is 9.83. The molecule has 0 radical (unpaired) electrons. The number of anilines is 1. The molecule has 0 unspecified atom stereocenters. The lowest BCUT2D eigenvalue weighted by Gasteiger charge is -2.01. The first-order valence-corrected chi connectivity index (χ1v) is 5.69. The number of aromatic hydroxyl groups is 1. The van der Waals surface area contributed by atoms with Gasteiger partial charge in [-0.3, -0.25) is 4.98 Å². The van der Waals surface area contributed by atoms with E-state index >= 15 is 0 Å². The smallest absolute Gasteiger partial charge is 0.139 e. The predicted octanol–water partition coefficient (Wildman–Crippen LogP) is 2.83. The molecule has 4 heteroatoms. The van der Waals surface area contributed by atoms with Gasteiger partial charge in [-0.25, -0.2) is 0 Å². The number of phenolic OH excluding ortho intramolecular Hbond substituents is 1. The molecule has 3 rings (SSSR count). The summed E-state index contributed by atoms with van der Waals surface area (Å²) in [5.74, 6) is 0.247. The summed E-state index contributed by atoms with van der Waals surface area (Å²) in [4.78, 5) is 7.52. The van der Waals surface area contributed by atoms with E-state index in [1.54, 1.807) is 12.3 Å². The topological polar surface area (TPSA) is 74.9 Å². The van der Waals surface area contributed by atoms with Crippen LogP contribution in [0.4, 0.5) is 5.69 Å². The molecule has 0 saturated heterocycles. The fourth-order valence-electron chi connectivity index (χ4n) is 2.22. The molecule has 0 amide bonds. The van der Waals surface area contributed by atoms with Crippen molar-refractivity contribution in [2.24, 2.45) is 0 Å². The van der Waals surface area contributed by atoms with Crippen molar-refractivity contribution >= 4 is 16.6 Å². The molecule has 1 aromatic carbocycles. The number of H-pyrrole nitrogens is 1. The van der Waals surface area contributed by atoms with Gasteiger partial charge in [0.2, 0.25) is 0 Å². The first-order valence-electron chi connectivity index (χ1n) is 5.69. The predicted molar refractivity (Wildman–Crippen MR) is 72.3 cm³/mol. The largest absolute Gasteiger partial charge is 0.506 e. The molecule has 0 aliphatic rings. The van der Waals surface area contributed by atoms with Crippen LogP contribution in [0.3, 0.4) is 0 Å². The summed E-state index contributed by atoms with van der Waals surface area (Å²) in [6.45, 7) is 1.97. The lowest BCUT2D eigenvalue weighted by Crippen LogP contribution is -1.88. The third-order valence-electron chi connectivity index (χ3n) is 3.04. The summed E-state index contributed by atoms with van der Waals surface area (Å²) >= 11 is 0. The van der Waals surface area contributed by atoms with E-state index in [0.717, 1.165) is 27.9 Å². The molecule has 0 aliphatic carbocycles. The van der Waals surface area contributed by atoms with Crippen molar-refractivity contribution < 1.29 is 5.11 Å². The molecule has 0 saturated carbocycles. The summed E-state index contributed by atoms with van der Waals surface area (Å²) in [5, 5.41) is 10.8. The highest BCUT2D eigenvalue weighted by molar-refractivity contribution is 5.99. The minimum Gasteiger partial charge on any atom is -0.506 e. The van der Waals surface area contributed by atoms with Crippen molar-refractivity contribution in [2.75, 3.05) is 5.73 Å². The quantitative estimate of drug-likeness (QED) is 0.611. The molecular formula is C14H13N3O. The van der Waals surface area contributed by atoms with E-state index in [2.05, 4.69) is 9.97 Å². The van der Waals surface area contributed by atoms with Crippen LogP contribution in [0.5, 0.6) is 5.75 Å². The van der Waals surface area contributed by atoms with Gasteiger partial charge in [0, 0.05) is 16.6 Å². The second-order valence-electron chi connectivity index (χ2n) is 4.30. The highest BCUT2D eigenvalue weighted by atomic mass is 16.3. The lowest BCUT2D eigenvalue weighted by atomic mass is 10.1. The number of rotatable bonds is 1. The number of benzene rings is 1. The lowest BCUT2D eigenvalue weighted by molar-refractivity contribution is 0.480. The Morgan fingerprint density at radius 2 is 2.06 bits per heavy atom. The van der Waals surface area contributed by atoms with Crippen LogP contribution < -0.4 is 5.73 Å². The zero-order valence-electron chi connectivity index (χ0n) is 9.94. The summed E-state index contributed by atoms with van der Waals surface area (Å²) < 4.78 is 0. The van der Waals surface area contributed by atoms with Gasteiger partial charge in [0.15, 0.2) is 0 Å². The highest BCUT2D eigenvalue weighted by Gasteiger charge is 2.13. The maximum Gasteiger partial charge on any atom is 0.139 e. The van der Waals surface area contributed by atoms with Gasteiger partial charge in [-0.05, 0) is 25.1 Å². The number of hydrogen-bond acceptors (Lipinski definition) is 3. The molecule has 0 aliphatic heterocycles. The number of fused-ring (bicyclic) bond motifs is 1. The van der Waals surface area contributed by atoms with Gasteiger partial charge in [-0.1, -0.05) is 12.1 Å². The van der Waals surface area contributed by atoms with E-state index < -0.39 is 0 Å². The maximum absolute atomic E-state index is 9.83. The number of nitrogens with one attached hydrogen (secondary N) is 1. The van der Waals surface area contributed by atoms with Crippen LogP contribution in [0.25, 0.3) is 22.2 Å². The second kappa shape index (κ2) is 3.77. The van der Waals surface area contributed by atoms with Crippen LogP contribution in [0.2, 0.25) is 0 Å². The highest BCUT2D eigenvalue weighted by Crippen LogP contribution is 2.34. The van der Waals surface area contributed by atoms with Crippen molar-refractivity contribution in [1.29, 1.82) is 0 Å². The normalized spacial score (nSPS) is 10.9. The van der Waals surface area contributed by atoms with E-state index in [1.165, 1.54) is 0 Å². The van der Waals surface area contributed by atoms with Crippen molar-refractivity contribution in [3.63, 3.8) is 0 Å². The number of para-hydroxylation sites is 1. The third kappa shape index (κ3) is 1.50. The van der Waals surface area contributed by atoms with Crippen molar-refractivity contribution in [2.45, 2.75) is 6.92 Å². The van der Waals surface area contributed by atoms with Gasteiger partial charge < -0.3 is 15.8 Å². The number of hydrogen-bond donors (Lipinski definition) is 3. The van der Waals surface area contributed by atoms with Crippen molar-refractivity contribution in [1.82, 2.24) is 9.97 Å². The number of phenols is 1. The summed E-state index contributed by atoms with van der Waals surface area (Å²) in [5.41, 5.74) is 9.84. The molecule has 3 aromatic rings. The minimum atomic E-state index is 0.247. The van der Waals surface area contributed by atoms with E-state index in [4.69, 9.17) is 5.73 Å². The van der Waals surface area contributed by atoms with Gasteiger partial charge in [0.25, 0.3) is 0 Å². The zero-order chi connectivity index (χ0) is 12.7. The van der Waals surface area contributed by atoms with Gasteiger partial charge in [0.1, 0.15) is 5.75 Å². The van der Waals surface area contributed by atoms with Gasteiger partial charge >= 0.3 is 0 Å². The van der Waals surface area contributed by atoms with Crippen molar-refractivity contribution in [3.8, 4) is 17.0 Å². The molecule has 90 valence electrons. The van der Waals surface area contributed by atoms with Gasteiger partial charge in [-0.2, -0.15) is 0 Å².